The van der Waals surface area contributed by atoms with Gasteiger partial charge in [-0.15, -0.1) is 9.78 Å². The number of halogens is 1. The third-order valence-corrected chi connectivity index (χ3v) is 1.19. The molecule has 0 saturated carbocycles. The Kier molecular flexibility index (Phi) is 1.40. The van der Waals surface area contributed by atoms with Gasteiger partial charge >= 0.3 is 0 Å². The molecule has 0 unspecified atom stereocenters. The fourth-order valence-electron chi connectivity index (χ4n) is 0.445. The molecule has 1 aromatic heterocycles. The van der Waals surface area contributed by atoms with Gasteiger partial charge in [0.1, 0.15) is 10.4 Å². The third kappa shape index (κ3) is 1.03. The van der Waals surface area contributed by atoms with E-state index in [4.69, 9.17) is 11.0 Å². The first kappa shape index (κ1) is 6.11. The van der Waals surface area contributed by atoms with E-state index in [2.05, 4.69) is 21.0 Å². The molecule has 0 bridgehead atoms. The van der Waals surface area contributed by atoms with E-state index in [0.29, 0.717) is 10.4 Å². The van der Waals surface area contributed by atoms with Crippen LogP contribution in [0, 0.1) is 11.5 Å². The number of aromatic nitrogens is 2. The van der Waals surface area contributed by atoms with Crippen LogP contribution >= 0.6 is 15.9 Å². The zero-order valence-electron chi connectivity index (χ0n) is 4.37. The van der Waals surface area contributed by atoms with E-state index < -0.39 is 0 Å². The first-order valence-corrected chi connectivity index (χ1v) is 2.94. The van der Waals surface area contributed by atoms with Crippen molar-refractivity contribution in [1.82, 2.24) is 9.78 Å². The van der Waals surface area contributed by atoms with E-state index in [1.54, 1.807) is 12.3 Å². The van der Waals surface area contributed by atoms with Crippen LogP contribution in [0.2, 0.25) is 0 Å². The monoisotopic (exact) mass is 186 g/mol. The highest BCUT2D eigenvalue weighted by Crippen LogP contribution is 2.10. The molecule has 5 heteroatoms. The van der Waals surface area contributed by atoms with Gasteiger partial charge in [-0.3, -0.25) is 0 Å². The van der Waals surface area contributed by atoms with Gasteiger partial charge in [-0.2, -0.15) is 5.26 Å². The van der Waals surface area contributed by atoms with Crippen molar-refractivity contribution in [2.24, 2.45) is 0 Å². The summed E-state index contributed by atoms with van der Waals surface area (Å²) in [5, 5.41) is 12.0. The van der Waals surface area contributed by atoms with Gasteiger partial charge < -0.3 is 5.73 Å². The lowest BCUT2D eigenvalue weighted by Gasteiger charge is -1.83. The number of rotatable bonds is 0. The number of nitriles is 1. The molecule has 0 saturated heterocycles. The summed E-state index contributed by atoms with van der Waals surface area (Å²) in [6.45, 7) is 0. The minimum absolute atomic E-state index is 0.337. The normalized spacial score (nSPS) is 8.89. The van der Waals surface area contributed by atoms with Crippen LogP contribution in [0.1, 0.15) is 0 Å². The van der Waals surface area contributed by atoms with E-state index in [9.17, 15) is 0 Å². The van der Waals surface area contributed by atoms with Crippen LogP contribution in [-0.4, -0.2) is 9.78 Å². The predicted molar refractivity (Wildman–Crippen MR) is 35.4 cm³/mol. The second kappa shape index (κ2) is 2.07. The van der Waals surface area contributed by atoms with Crippen molar-refractivity contribution in [1.29, 1.82) is 5.26 Å². The average molecular weight is 187 g/mol. The molecule has 4 nitrogen and oxygen atoms in total. The second-order valence-electron chi connectivity index (χ2n) is 1.40. The van der Waals surface area contributed by atoms with E-state index in [0.717, 1.165) is 4.68 Å². The maximum Gasteiger partial charge on any atom is 0.208 e. The van der Waals surface area contributed by atoms with Crippen LogP contribution < -0.4 is 5.73 Å². The summed E-state index contributed by atoms with van der Waals surface area (Å²) < 4.78 is 1.60. The fourth-order valence-corrected chi connectivity index (χ4v) is 0.839. The Labute approximate surface area is 60.0 Å². The lowest BCUT2D eigenvalue weighted by Crippen LogP contribution is -1.96. The van der Waals surface area contributed by atoms with E-state index in [-0.39, 0.29) is 0 Å². The topological polar surface area (TPSA) is 67.6 Å². The van der Waals surface area contributed by atoms with Gasteiger partial charge in [0.05, 0.1) is 0 Å². The quantitative estimate of drug-likeness (QED) is 0.644. The van der Waals surface area contributed by atoms with Crippen molar-refractivity contribution < 1.29 is 0 Å². The number of hydrogen-bond donors (Lipinski definition) is 1. The number of hydrogen-bond acceptors (Lipinski definition) is 3. The first-order chi connectivity index (χ1) is 4.24. The summed E-state index contributed by atoms with van der Waals surface area (Å²) in [5.74, 6) is 0.337. The van der Waals surface area contributed by atoms with Crippen LogP contribution in [0.25, 0.3) is 0 Å². The molecule has 0 amide bonds. The summed E-state index contributed by atoms with van der Waals surface area (Å²) >= 11 is 3.06. The minimum Gasteiger partial charge on any atom is -0.383 e. The Morgan fingerprint density at radius 2 is 2.56 bits per heavy atom. The predicted octanol–water partition coefficient (Wildman–Crippen LogP) is 0.557. The molecular weight excluding hydrogens is 184 g/mol. The standard InChI is InChI=1S/C4H3BrN4/c5-3-1-4(7)9(2-6)8-3/h1H,7H2. The molecule has 0 aliphatic rings. The van der Waals surface area contributed by atoms with E-state index in [1.807, 2.05) is 0 Å². The molecule has 0 aliphatic heterocycles. The van der Waals surface area contributed by atoms with Crippen LogP contribution in [0.15, 0.2) is 10.7 Å². The van der Waals surface area contributed by atoms with Crippen LogP contribution in [0.5, 0.6) is 0 Å². The summed E-state index contributed by atoms with van der Waals surface area (Å²) in [4.78, 5) is 0. The number of anilines is 1. The molecule has 1 aromatic rings. The Morgan fingerprint density at radius 3 is 2.78 bits per heavy atom. The van der Waals surface area contributed by atoms with Crippen LogP contribution in [-0.2, 0) is 0 Å². The largest absolute Gasteiger partial charge is 0.383 e. The van der Waals surface area contributed by atoms with Crippen molar-refractivity contribution >= 4 is 21.7 Å². The first-order valence-electron chi connectivity index (χ1n) is 2.15. The summed E-state index contributed by atoms with van der Waals surface area (Å²) in [7, 11) is 0. The zero-order chi connectivity index (χ0) is 6.85. The molecule has 9 heavy (non-hydrogen) atoms. The summed E-state index contributed by atoms with van der Waals surface area (Å²) in [5.41, 5.74) is 5.30. The molecule has 0 aromatic carbocycles. The molecule has 0 radical (unpaired) electrons. The van der Waals surface area contributed by atoms with Gasteiger partial charge in [0.15, 0.2) is 0 Å². The van der Waals surface area contributed by atoms with Crippen molar-refractivity contribution in [3.63, 3.8) is 0 Å². The molecule has 0 atom stereocenters. The zero-order valence-corrected chi connectivity index (χ0v) is 5.96. The molecule has 0 fully saturated rings. The van der Waals surface area contributed by atoms with Gasteiger partial charge in [-0.05, 0) is 15.9 Å². The minimum atomic E-state index is 0.337. The smallest absolute Gasteiger partial charge is 0.208 e. The Balaban J connectivity index is 3.20. The molecule has 2 N–H and O–H groups in total. The lowest BCUT2D eigenvalue weighted by atomic mass is 10.7. The molecule has 0 aliphatic carbocycles. The summed E-state index contributed by atoms with van der Waals surface area (Å²) in [6, 6.07) is 1.56. The summed E-state index contributed by atoms with van der Waals surface area (Å²) in [6.07, 6.45) is 1.77. The Hall–Kier alpha value is -1.02. The highest BCUT2D eigenvalue weighted by Gasteiger charge is 1.98. The molecule has 0 spiro atoms. The van der Waals surface area contributed by atoms with Gasteiger partial charge in [0.2, 0.25) is 6.19 Å². The molecule has 46 valence electrons. The van der Waals surface area contributed by atoms with Gasteiger partial charge in [-0.1, -0.05) is 0 Å². The maximum absolute atomic E-state index is 8.28. The Morgan fingerprint density at radius 1 is 1.89 bits per heavy atom. The van der Waals surface area contributed by atoms with Gasteiger partial charge in [0.25, 0.3) is 0 Å². The lowest BCUT2D eigenvalue weighted by molar-refractivity contribution is 0.897. The van der Waals surface area contributed by atoms with Crippen LogP contribution in [0.4, 0.5) is 5.82 Å². The molecule has 1 rings (SSSR count). The SMILES string of the molecule is N#Cn1nc(Br)cc1N. The number of nitrogens with two attached hydrogens (primary N) is 1. The van der Waals surface area contributed by atoms with Crippen molar-refractivity contribution in [3.8, 4) is 6.19 Å². The maximum atomic E-state index is 8.28. The van der Waals surface area contributed by atoms with Crippen LogP contribution in [0.3, 0.4) is 0 Å². The highest BCUT2D eigenvalue weighted by molar-refractivity contribution is 9.10. The Bertz CT molecular complexity index is 258. The van der Waals surface area contributed by atoms with Gasteiger partial charge in [0, 0.05) is 6.07 Å². The molecular formula is C4H3BrN4. The van der Waals surface area contributed by atoms with Crippen molar-refractivity contribution in [2.45, 2.75) is 0 Å². The average Bonchev–Trinajstić information content (AvgIpc) is 2.10. The fraction of sp³-hybridized carbons (Fsp3) is 0. The third-order valence-electron chi connectivity index (χ3n) is 0.802. The molecule has 1 heterocycles. The van der Waals surface area contributed by atoms with E-state index in [1.165, 1.54) is 0 Å². The van der Waals surface area contributed by atoms with E-state index >= 15 is 0 Å². The number of nitrogens with zero attached hydrogens (tertiary/aromatic N) is 3. The van der Waals surface area contributed by atoms with Gasteiger partial charge in [-0.25, -0.2) is 0 Å². The highest BCUT2D eigenvalue weighted by atomic mass is 79.9. The van der Waals surface area contributed by atoms with Crippen molar-refractivity contribution in [2.75, 3.05) is 5.73 Å². The second-order valence-corrected chi connectivity index (χ2v) is 2.22. The van der Waals surface area contributed by atoms with Crippen molar-refractivity contribution in [3.05, 3.63) is 10.7 Å². The number of nitrogen functional groups attached to an aromatic ring is 1.